The van der Waals surface area contributed by atoms with Crippen molar-refractivity contribution in [1.82, 2.24) is 14.4 Å². The molecule has 1 saturated heterocycles. The number of rotatable bonds is 6. The highest BCUT2D eigenvalue weighted by atomic mass is 32.2. The molecule has 1 N–H and O–H groups in total. The van der Waals surface area contributed by atoms with Crippen molar-refractivity contribution in [3.8, 4) is 0 Å². The molecular formula is C22H24N4O4S. The van der Waals surface area contributed by atoms with Crippen molar-refractivity contribution in [3.05, 3.63) is 71.4 Å². The van der Waals surface area contributed by atoms with Crippen LogP contribution in [-0.4, -0.2) is 41.9 Å². The van der Waals surface area contributed by atoms with Crippen molar-refractivity contribution in [1.29, 1.82) is 0 Å². The standard InChI is InChI=1S/C22H24N4O4S/c1-16-23-21(30-25-16)15-18-7-3-4-8-20(18)24-22(27)17-9-11-19(12-10-17)31(28,29)26-13-5-2-6-14-26/h3-4,7-12H,2,5-6,13-15H2,1H3,(H,24,27). The van der Waals surface area contributed by atoms with Gasteiger partial charge >= 0.3 is 0 Å². The zero-order chi connectivity index (χ0) is 21.8. The number of hydrogen-bond donors (Lipinski definition) is 1. The predicted octanol–water partition coefficient (Wildman–Crippen LogP) is 3.40. The van der Waals surface area contributed by atoms with Gasteiger partial charge in [0, 0.05) is 24.3 Å². The first-order valence-corrected chi connectivity index (χ1v) is 11.7. The first-order valence-electron chi connectivity index (χ1n) is 10.2. The van der Waals surface area contributed by atoms with Gasteiger partial charge in [-0.2, -0.15) is 9.29 Å². The van der Waals surface area contributed by atoms with Crippen LogP contribution in [0.25, 0.3) is 0 Å². The quantitative estimate of drug-likeness (QED) is 0.630. The zero-order valence-electron chi connectivity index (χ0n) is 17.2. The third-order valence-electron chi connectivity index (χ3n) is 5.25. The maximum Gasteiger partial charge on any atom is 0.255 e. The van der Waals surface area contributed by atoms with E-state index in [0.29, 0.717) is 42.5 Å². The van der Waals surface area contributed by atoms with Crippen LogP contribution in [-0.2, 0) is 16.4 Å². The molecule has 2 heterocycles. The largest absolute Gasteiger partial charge is 0.339 e. The van der Waals surface area contributed by atoms with E-state index in [9.17, 15) is 13.2 Å². The number of aromatic nitrogens is 2. The topological polar surface area (TPSA) is 105 Å². The number of sulfonamides is 1. The van der Waals surface area contributed by atoms with Gasteiger partial charge in [0.05, 0.1) is 11.3 Å². The Labute approximate surface area is 181 Å². The van der Waals surface area contributed by atoms with Crippen LogP contribution in [0, 0.1) is 6.92 Å². The Morgan fingerprint density at radius 1 is 1.06 bits per heavy atom. The van der Waals surface area contributed by atoms with Crippen LogP contribution in [0.2, 0.25) is 0 Å². The number of hydrogen-bond acceptors (Lipinski definition) is 6. The average Bonchev–Trinajstić information content (AvgIpc) is 3.20. The van der Waals surface area contributed by atoms with E-state index in [2.05, 4.69) is 15.5 Å². The minimum atomic E-state index is -3.52. The molecule has 1 amide bonds. The smallest absolute Gasteiger partial charge is 0.255 e. The number of benzene rings is 2. The lowest BCUT2D eigenvalue weighted by molar-refractivity contribution is 0.102. The van der Waals surface area contributed by atoms with E-state index < -0.39 is 10.0 Å². The van der Waals surface area contributed by atoms with Gasteiger partial charge in [-0.15, -0.1) is 0 Å². The Bertz CT molecular complexity index is 1170. The minimum absolute atomic E-state index is 0.207. The molecule has 1 aliphatic heterocycles. The number of amides is 1. The Morgan fingerprint density at radius 3 is 2.45 bits per heavy atom. The molecule has 9 heteroatoms. The Hall–Kier alpha value is -3.04. The van der Waals surface area contributed by atoms with Gasteiger partial charge in [0.1, 0.15) is 0 Å². The number of nitrogens with one attached hydrogen (secondary N) is 1. The molecular weight excluding hydrogens is 416 g/mol. The number of para-hydroxylation sites is 1. The molecule has 3 aromatic rings. The predicted molar refractivity (Wildman–Crippen MR) is 115 cm³/mol. The van der Waals surface area contributed by atoms with Crippen molar-refractivity contribution < 1.29 is 17.7 Å². The molecule has 0 atom stereocenters. The molecule has 0 unspecified atom stereocenters. The summed E-state index contributed by atoms with van der Waals surface area (Å²) in [6.45, 7) is 2.83. The molecule has 0 saturated carbocycles. The van der Waals surface area contributed by atoms with Crippen LogP contribution in [0.5, 0.6) is 0 Å². The van der Waals surface area contributed by atoms with Crippen molar-refractivity contribution in [2.75, 3.05) is 18.4 Å². The number of anilines is 1. The molecule has 31 heavy (non-hydrogen) atoms. The zero-order valence-corrected chi connectivity index (χ0v) is 18.1. The highest BCUT2D eigenvalue weighted by Gasteiger charge is 2.26. The third kappa shape index (κ3) is 4.83. The fourth-order valence-corrected chi connectivity index (χ4v) is 5.12. The molecule has 1 fully saturated rings. The van der Waals surface area contributed by atoms with Crippen LogP contribution >= 0.6 is 0 Å². The van der Waals surface area contributed by atoms with E-state index in [-0.39, 0.29) is 10.8 Å². The van der Waals surface area contributed by atoms with Gasteiger partial charge in [-0.3, -0.25) is 4.79 Å². The number of nitrogens with zero attached hydrogens (tertiary/aromatic N) is 3. The minimum Gasteiger partial charge on any atom is -0.339 e. The third-order valence-corrected chi connectivity index (χ3v) is 7.16. The van der Waals surface area contributed by atoms with Crippen molar-refractivity contribution in [2.24, 2.45) is 0 Å². The number of carbonyl (C=O) groups excluding carboxylic acids is 1. The average molecular weight is 441 g/mol. The number of piperidine rings is 1. The van der Waals surface area contributed by atoms with Gasteiger partial charge in [0.15, 0.2) is 5.82 Å². The first kappa shape index (κ1) is 21.2. The van der Waals surface area contributed by atoms with Crippen LogP contribution < -0.4 is 5.32 Å². The lowest BCUT2D eigenvalue weighted by Gasteiger charge is -2.25. The van der Waals surface area contributed by atoms with Crippen molar-refractivity contribution >= 4 is 21.6 Å². The summed E-state index contributed by atoms with van der Waals surface area (Å²) >= 11 is 0. The van der Waals surface area contributed by atoms with Gasteiger partial charge in [-0.1, -0.05) is 29.8 Å². The SMILES string of the molecule is Cc1noc(Cc2ccccc2NC(=O)c2ccc(S(=O)(=O)N3CCCCC3)cc2)n1. The molecule has 4 rings (SSSR count). The van der Waals surface area contributed by atoms with E-state index in [1.807, 2.05) is 18.2 Å². The summed E-state index contributed by atoms with van der Waals surface area (Å²) in [6.07, 6.45) is 3.20. The number of aryl methyl sites for hydroxylation is 1. The van der Waals surface area contributed by atoms with E-state index in [1.54, 1.807) is 13.0 Å². The maximum absolute atomic E-state index is 12.8. The van der Waals surface area contributed by atoms with E-state index in [1.165, 1.54) is 28.6 Å². The van der Waals surface area contributed by atoms with Gasteiger partial charge in [-0.05, 0) is 55.7 Å². The summed E-state index contributed by atoms with van der Waals surface area (Å²) in [5.41, 5.74) is 1.85. The molecule has 2 aromatic carbocycles. The Balaban J connectivity index is 1.48. The van der Waals surface area contributed by atoms with Gasteiger partial charge in [0.25, 0.3) is 5.91 Å². The van der Waals surface area contributed by atoms with Crippen molar-refractivity contribution in [2.45, 2.75) is 37.5 Å². The molecule has 0 bridgehead atoms. The Morgan fingerprint density at radius 2 is 1.77 bits per heavy atom. The van der Waals surface area contributed by atoms with Gasteiger partial charge < -0.3 is 9.84 Å². The molecule has 1 aromatic heterocycles. The maximum atomic E-state index is 12.8. The Kier molecular flexibility index (Phi) is 6.15. The van der Waals surface area contributed by atoms with Crippen LogP contribution in [0.3, 0.4) is 0 Å². The van der Waals surface area contributed by atoms with E-state index in [4.69, 9.17) is 4.52 Å². The van der Waals surface area contributed by atoms with Crippen LogP contribution in [0.1, 0.15) is 46.9 Å². The second-order valence-electron chi connectivity index (χ2n) is 7.51. The summed E-state index contributed by atoms with van der Waals surface area (Å²) in [5.74, 6) is 0.693. The van der Waals surface area contributed by atoms with E-state index >= 15 is 0 Å². The lowest BCUT2D eigenvalue weighted by atomic mass is 10.1. The molecule has 1 aliphatic rings. The van der Waals surface area contributed by atoms with Crippen LogP contribution in [0.15, 0.2) is 57.9 Å². The molecule has 0 aliphatic carbocycles. The molecule has 0 radical (unpaired) electrons. The second kappa shape index (κ2) is 8.99. The summed E-state index contributed by atoms with van der Waals surface area (Å²) in [4.78, 5) is 17.2. The summed E-state index contributed by atoms with van der Waals surface area (Å²) in [5, 5.41) is 6.67. The van der Waals surface area contributed by atoms with Crippen molar-refractivity contribution in [3.63, 3.8) is 0 Å². The fraction of sp³-hybridized carbons (Fsp3) is 0.318. The molecule has 162 valence electrons. The summed E-state index contributed by atoms with van der Waals surface area (Å²) in [7, 11) is -3.52. The monoisotopic (exact) mass is 440 g/mol. The molecule has 8 nitrogen and oxygen atoms in total. The summed E-state index contributed by atoms with van der Waals surface area (Å²) < 4.78 is 32.3. The summed E-state index contributed by atoms with van der Waals surface area (Å²) in [6, 6.07) is 13.4. The van der Waals surface area contributed by atoms with Gasteiger partial charge in [0.2, 0.25) is 15.9 Å². The highest BCUT2D eigenvalue weighted by molar-refractivity contribution is 7.89. The lowest BCUT2D eigenvalue weighted by Crippen LogP contribution is -2.35. The first-order chi connectivity index (χ1) is 14.9. The second-order valence-corrected chi connectivity index (χ2v) is 9.45. The normalized spacial score (nSPS) is 15.0. The highest BCUT2D eigenvalue weighted by Crippen LogP contribution is 2.22. The molecule has 0 spiro atoms. The number of carbonyl (C=O) groups is 1. The van der Waals surface area contributed by atoms with Gasteiger partial charge in [-0.25, -0.2) is 8.42 Å². The van der Waals surface area contributed by atoms with Crippen LogP contribution in [0.4, 0.5) is 5.69 Å². The fourth-order valence-electron chi connectivity index (χ4n) is 3.60. The van der Waals surface area contributed by atoms with E-state index in [0.717, 1.165) is 24.8 Å².